The number of halogens is 3. The molecule has 1 heterocycles. The van der Waals surface area contributed by atoms with Gasteiger partial charge in [-0.25, -0.2) is 8.78 Å². The number of likely N-dealkylation sites (tertiary alicyclic amines) is 1. The highest BCUT2D eigenvalue weighted by atomic mass is 79.9. The number of hydrogen-bond donors (Lipinski definition) is 0. The van der Waals surface area contributed by atoms with Crippen molar-refractivity contribution in [3.63, 3.8) is 0 Å². The van der Waals surface area contributed by atoms with Crippen molar-refractivity contribution in [2.24, 2.45) is 0 Å². The van der Waals surface area contributed by atoms with Gasteiger partial charge in [0.25, 0.3) is 5.91 Å². The summed E-state index contributed by atoms with van der Waals surface area (Å²) in [6.07, 6.45) is 1.55. The molecule has 0 atom stereocenters. The summed E-state index contributed by atoms with van der Waals surface area (Å²) in [5, 5.41) is 0. The third kappa shape index (κ3) is 3.12. The highest BCUT2D eigenvalue weighted by Gasteiger charge is 2.26. The average Bonchev–Trinajstić information content (AvgIpc) is 2.42. The molecule has 1 aromatic carbocycles. The highest BCUT2D eigenvalue weighted by molar-refractivity contribution is 9.10. The molecular formula is C13H14BrF2NO2. The molecule has 104 valence electrons. The van der Waals surface area contributed by atoms with Crippen LogP contribution in [0.2, 0.25) is 0 Å². The summed E-state index contributed by atoms with van der Waals surface area (Å²) in [7, 11) is 1.63. The van der Waals surface area contributed by atoms with Gasteiger partial charge in [0.15, 0.2) is 11.6 Å². The number of nitrogens with zero attached hydrogens (tertiary/aromatic N) is 1. The van der Waals surface area contributed by atoms with Crippen LogP contribution in [0.25, 0.3) is 0 Å². The fraction of sp³-hybridized carbons (Fsp3) is 0.462. The smallest absolute Gasteiger partial charge is 0.256 e. The zero-order valence-corrected chi connectivity index (χ0v) is 12.0. The Morgan fingerprint density at radius 3 is 2.58 bits per heavy atom. The van der Waals surface area contributed by atoms with Crippen LogP contribution in [0.5, 0.6) is 0 Å². The first-order valence-electron chi connectivity index (χ1n) is 5.99. The fourth-order valence-corrected chi connectivity index (χ4v) is 2.61. The SMILES string of the molecule is COC1CCN(C(=O)c2cc(Br)cc(F)c2F)CC1. The van der Waals surface area contributed by atoms with Gasteiger partial charge >= 0.3 is 0 Å². The van der Waals surface area contributed by atoms with Crippen LogP contribution in [0.15, 0.2) is 16.6 Å². The third-order valence-electron chi connectivity index (χ3n) is 3.29. The monoisotopic (exact) mass is 333 g/mol. The molecule has 1 amide bonds. The number of piperidine rings is 1. The molecule has 0 bridgehead atoms. The minimum Gasteiger partial charge on any atom is -0.381 e. The molecule has 3 nitrogen and oxygen atoms in total. The van der Waals surface area contributed by atoms with Crippen molar-refractivity contribution < 1.29 is 18.3 Å². The van der Waals surface area contributed by atoms with Crippen LogP contribution in [0.1, 0.15) is 23.2 Å². The standard InChI is InChI=1S/C13H14BrF2NO2/c1-19-9-2-4-17(5-3-9)13(18)10-6-8(14)7-11(15)12(10)16/h6-7,9H,2-5H2,1H3. The van der Waals surface area contributed by atoms with E-state index in [0.717, 1.165) is 6.07 Å². The Bertz CT molecular complexity index is 488. The first kappa shape index (κ1) is 14.4. The Morgan fingerprint density at radius 1 is 1.37 bits per heavy atom. The number of carbonyl (C=O) groups excluding carboxylic acids is 1. The van der Waals surface area contributed by atoms with Gasteiger partial charge in [0.2, 0.25) is 0 Å². The Hall–Kier alpha value is -1.01. The number of ether oxygens (including phenoxy) is 1. The summed E-state index contributed by atoms with van der Waals surface area (Å²) in [5.41, 5.74) is -0.234. The van der Waals surface area contributed by atoms with Gasteiger partial charge < -0.3 is 9.64 Å². The Kier molecular flexibility index (Phi) is 4.52. The van der Waals surface area contributed by atoms with Crippen molar-refractivity contribution in [2.45, 2.75) is 18.9 Å². The lowest BCUT2D eigenvalue weighted by Gasteiger charge is -2.31. The lowest BCUT2D eigenvalue weighted by Crippen LogP contribution is -2.41. The summed E-state index contributed by atoms with van der Waals surface area (Å²) in [5.74, 6) is -2.60. The number of hydrogen-bond acceptors (Lipinski definition) is 2. The van der Waals surface area contributed by atoms with E-state index in [-0.39, 0.29) is 11.7 Å². The van der Waals surface area contributed by atoms with Crippen molar-refractivity contribution in [3.05, 3.63) is 33.8 Å². The van der Waals surface area contributed by atoms with Crippen LogP contribution < -0.4 is 0 Å². The minimum atomic E-state index is -1.10. The summed E-state index contributed by atoms with van der Waals surface area (Å²) in [4.78, 5) is 13.7. The van der Waals surface area contributed by atoms with E-state index in [1.807, 2.05) is 0 Å². The maximum atomic E-state index is 13.7. The zero-order valence-electron chi connectivity index (χ0n) is 10.5. The van der Waals surface area contributed by atoms with Gasteiger partial charge in [-0.3, -0.25) is 4.79 Å². The summed E-state index contributed by atoms with van der Waals surface area (Å²) >= 11 is 3.06. The summed E-state index contributed by atoms with van der Waals surface area (Å²) < 4.78 is 32.5. The second-order valence-corrected chi connectivity index (χ2v) is 5.39. The predicted molar refractivity (Wildman–Crippen MR) is 70.0 cm³/mol. The maximum Gasteiger partial charge on any atom is 0.256 e. The van der Waals surface area contributed by atoms with Gasteiger partial charge in [-0.2, -0.15) is 0 Å². The maximum absolute atomic E-state index is 13.7. The van der Waals surface area contributed by atoms with E-state index >= 15 is 0 Å². The molecule has 0 radical (unpaired) electrons. The number of amides is 1. The van der Waals surface area contributed by atoms with Crippen LogP contribution in [0, 0.1) is 11.6 Å². The largest absolute Gasteiger partial charge is 0.381 e. The van der Waals surface area contributed by atoms with E-state index in [1.165, 1.54) is 11.0 Å². The molecule has 1 fully saturated rings. The van der Waals surface area contributed by atoms with Gasteiger partial charge in [0.05, 0.1) is 11.7 Å². The van der Waals surface area contributed by atoms with E-state index in [9.17, 15) is 13.6 Å². The van der Waals surface area contributed by atoms with E-state index in [0.29, 0.717) is 30.4 Å². The summed E-state index contributed by atoms with van der Waals surface area (Å²) in [6, 6.07) is 2.31. The second-order valence-electron chi connectivity index (χ2n) is 4.48. The molecule has 0 unspecified atom stereocenters. The second kappa shape index (κ2) is 5.96. The molecule has 2 rings (SSSR count). The van der Waals surface area contributed by atoms with Crippen LogP contribution in [-0.2, 0) is 4.74 Å². The van der Waals surface area contributed by atoms with Gasteiger partial charge in [0, 0.05) is 24.7 Å². The van der Waals surface area contributed by atoms with Crippen molar-refractivity contribution >= 4 is 21.8 Å². The minimum absolute atomic E-state index is 0.133. The highest BCUT2D eigenvalue weighted by Crippen LogP contribution is 2.22. The van der Waals surface area contributed by atoms with Crippen molar-refractivity contribution in [1.29, 1.82) is 0 Å². The van der Waals surface area contributed by atoms with Crippen LogP contribution in [0.4, 0.5) is 8.78 Å². The number of carbonyl (C=O) groups is 1. The van der Waals surface area contributed by atoms with Gasteiger partial charge in [-0.05, 0) is 25.0 Å². The molecule has 0 aliphatic carbocycles. The number of benzene rings is 1. The molecule has 0 aromatic heterocycles. The normalized spacial score (nSPS) is 16.7. The van der Waals surface area contributed by atoms with Gasteiger partial charge in [-0.1, -0.05) is 15.9 Å². The zero-order chi connectivity index (χ0) is 14.0. The predicted octanol–water partition coefficient (Wildman–Crippen LogP) is 2.98. The molecule has 1 aliphatic heterocycles. The van der Waals surface area contributed by atoms with Crippen molar-refractivity contribution in [3.8, 4) is 0 Å². The molecule has 1 saturated heterocycles. The van der Waals surface area contributed by atoms with Crippen LogP contribution in [0.3, 0.4) is 0 Å². The topological polar surface area (TPSA) is 29.5 Å². The first-order valence-corrected chi connectivity index (χ1v) is 6.79. The van der Waals surface area contributed by atoms with E-state index in [1.54, 1.807) is 7.11 Å². The van der Waals surface area contributed by atoms with Gasteiger partial charge in [-0.15, -0.1) is 0 Å². The average molecular weight is 334 g/mol. The van der Waals surface area contributed by atoms with Crippen molar-refractivity contribution in [1.82, 2.24) is 4.90 Å². The molecule has 6 heteroatoms. The van der Waals surface area contributed by atoms with E-state index < -0.39 is 17.5 Å². The lowest BCUT2D eigenvalue weighted by molar-refractivity contribution is 0.0348. The van der Waals surface area contributed by atoms with Gasteiger partial charge in [0.1, 0.15) is 0 Å². The molecule has 0 saturated carbocycles. The molecule has 1 aliphatic rings. The van der Waals surface area contributed by atoms with E-state index in [4.69, 9.17) is 4.74 Å². The summed E-state index contributed by atoms with van der Waals surface area (Å²) in [6.45, 7) is 0.982. The quantitative estimate of drug-likeness (QED) is 0.779. The molecule has 0 N–H and O–H groups in total. The Labute approximate surface area is 118 Å². The van der Waals surface area contributed by atoms with Crippen LogP contribution in [-0.4, -0.2) is 37.1 Å². The number of methoxy groups -OCH3 is 1. The van der Waals surface area contributed by atoms with Crippen LogP contribution >= 0.6 is 15.9 Å². The van der Waals surface area contributed by atoms with E-state index in [2.05, 4.69) is 15.9 Å². The first-order chi connectivity index (χ1) is 9.02. The molecule has 1 aromatic rings. The molecule has 19 heavy (non-hydrogen) atoms. The third-order valence-corrected chi connectivity index (χ3v) is 3.74. The fourth-order valence-electron chi connectivity index (χ4n) is 2.18. The molecule has 0 spiro atoms. The molecular weight excluding hydrogens is 320 g/mol. The lowest BCUT2D eigenvalue weighted by atomic mass is 10.1. The number of rotatable bonds is 2. The Balaban J connectivity index is 2.17. The van der Waals surface area contributed by atoms with Crippen molar-refractivity contribution in [2.75, 3.05) is 20.2 Å². The Morgan fingerprint density at radius 2 is 2.00 bits per heavy atom.